The maximum Gasteiger partial charge on any atom is 0.282 e. The number of hydrogen-bond acceptors (Lipinski definition) is 5. The zero-order valence-electron chi connectivity index (χ0n) is 12.0. The van der Waals surface area contributed by atoms with E-state index in [1.165, 1.54) is 4.68 Å². The summed E-state index contributed by atoms with van der Waals surface area (Å²) in [6, 6.07) is 5.58. The first-order chi connectivity index (χ1) is 10.1. The zero-order chi connectivity index (χ0) is 15.4. The molecule has 6 nitrogen and oxygen atoms in total. The smallest absolute Gasteiger partial charge is 0.282 e. The van der Waals surface area contributed by atoms with Gasteiger partial charge in [-0.15, -0.1) is 0 Å². The number of nitrogens with zero attached hydrogens (tertiary/aromatic N) is 2. The molecule has 0 aliphatic heterocycles. The Balaban J connectivity index is 2.20. The lowest BCUT2D eigenvalue weighted by atomic mass is 10.2. The van der Waals surface area contributed by atoms with E-state index in [-0.39, 0.29) is 5.56 Å². The monoisotopic (exact) mass is 353 g/mol. The quantitative estimate of drug-likeness (QED) is 0.892. The Morgan fingerprint density at radius 2 is 2.10 bits per heavy atom. The normalized spacial score (nSPS) is 10.3. The van der Waals surface area contributed by atoms with E-state index in [0.29, 0.717) is 16.7 Å². The molecule has 2 aromatic rings. The van der Waals surface area contributed by atoms with Gasteiger partial charge in [-0.25, -0.2) is 4.68 Å². The molecule has 0 fully saturated rings. The minimum atomic E-state index is -0.193. The summed E-state index contributed by atoms with van der Waals surface area (Å²) in [4.78, 5) is 11.8. The predicted octanol–water partition coefficient (Wildman–Crippen LogP) is 2.17. The number of hydrogen-bond donors (Lipinski definition) is 1. The van der Waals surface area contributed by atoms with Crippen LogP contribution in [0.15, 0.2) is 33.7 Å². The number of aryl methyl sites for hydroxylation is 1. The Kier molecular flexibility index (Phi) is 4.85. The van der Waals surface area contributed by atoms with E-state index in [9.17, 15) is 4.79 Å². The van der Waals surface area contributed by atoms with Crippen LogP contribution >= 0.6 is 15.9 Å². The van der Waals surface area contributed by atoms with Crippen LogP contribution in [0.3, 0.4) is 0 Å². The zero-order valence-corrected chi connectivity index (χ0v) is 13.6. The number of ether oxygens (including phenoxy) is 2. The van der Waals surface area contributed by atoms with E-state index < -0.39 is 0 Å². The maximum absolute atomic E-state index is 11.8. The van der Waals surface area contributed by atoms with Gasteiger partial charge in [0.15, 0.2) is 0 Å². The van der Waals surface area contributed by atoms with Gasteiger partial charge in [0.05, 0.1) is 26.1 Å². The SMILES string of the molecule is COc1ccc(CNc2cnn(C)c(=O)c2Br)c(OC)c1. The average Bonchev–Trinajstić information content (AvgIpc) is 2.52. The van der Waals surface area contributed by atoms with Crippen LogP contribution in [0.1, 0.15) is 5.56 Å². The predicted molar refractivity (Wildman–Crippen MR) is 84.1 cm³/mol. The van der Waals surface area contributed by atoms with E-state index in [0.717, 1.165) is 17.1 Å². The van der Waals surface area contributed by atoms with Crippen LogP contribution in [0.5, 0.6) is 11.5 Å². The van der Waals surface area contributed by atoms with Crippen LogP contribution in [-0.2, 0) is 13.6 Å². The van der Waals surface area contributed by atoms with Gasteiger partial charge in [-0.1, -0.05) is 0 Å². The van der Waals surface area contributed by atoms with Crippen molar-refractivity contribution < 1.29 is 9.47 Å². The lowest BCUT2D eigenvalue weighted by Gasteiger charge is -2.12. The summed E-state index contributed by atoms with van der Waals surface area (Å²) >= 11 is 3.28. The van der Waals surface area contributed by atoms with E-state index in [1.54, 1.807) is 27.5 Å². The van der Waals surface area contributed by atoms with Gasteiger partial charge >= 0.3 is 0 Å². The van der Waals surface area contributed by atoms with Crippen molar-refractivity contribution in [2.24, 2.45) is 7.05 Å². The molecule has 1 aromatic carbocycles. The topological polar surface area (TPSA) is 65.4 Å². The summed E-state index contributed by atoms with van der Waals surface area (Å²) in [6.45, 7) is 0.501. The second-order valence-electron chi connectivity index (χ2n) is 4.33. The highest BCUT2D eigenvalue weighted by molar-refractivity contribution is 9.10. The molecule has 0 aliphatic carbocycles. The van der Waals surface area contributed by atoms with Gasteiger partial charge in [0.2, 0.25) is 0 Å². The fourth-order valence-corrected chi connectivity index (χ4v) is 2.32. The molecule has 0 atom stereocenters. The molecule has 0 amide bonds. The van der Waals surface area contributed by atoms with Crippen molar-refractivity contribution in [2.75, 3.05) is 19.5 Å². The molecule has 0 saturated carbocycles. The van der Waals surface area contributed by atoms with Crippen molar-refractivity contribution in [3.8, 4) is 11.5 Å². The molecule has 0 bridgehead atoms. The Hall–Kier alpha value is -2.02. The maximum atomic E-state index is 11.8. The first-order valence-corrected chi connectivity index (χ1v) is 7.02. The third-order valence-corrected chi connectivity index (χ3v) is 3.81. The average molecular weight is 354 g/mol. The van der Waals surface area contributed by atoms with Crippen molar-refractivity contribution in [3.63, 3.8) is 0 Å². The number of benzene rings is 1. The minimum Gasteiger partial charge on any atom is -0.497 e. The third-order valence-electron chi connectivity index (χ3n) is 3.04. The molecule has 2 rings (SSSR count). The molecule has 0 unspecified atom stereocenters. The molecular weight excluding hydrogens is 338 g/mol. The summed E-state index contributed by atoms with van der Waals surface area (Å²) in [5.41, 5.74) is 1.39. The summed E-state index contributed by atoms with van der Waals surface area (Å²) in [5.74, 6) is 1.45. The van der Waals surface area contributed by atoms with Gasteiger partial charge in [0.25, 0.3) is 5.56 Å². The molecule has 0 radical (unpaired) electrons. The molecule has 0 spiro atoms. The Bertz CT molecular complexity index is 700. The number of rotatable bonds is 5. The number of nitrogens with one attached hydrogen (secondary N) is 1. The van der Waals surface area contributed by atoms with Crippen LogP contribution in [-0.4, -0.2) is 24.0 Å². The summed E-state index contributed by atoms with van der Waals surface area (Å²) in [5, 5.41) is 7.15. The molecule has 0 aliphatic rings. The van der Waals surface area contributed by atoms with Crippen molar-refractivity contribution in [2.45, 2.75) is 6.54 Å². The van der Waals surface area contributed by atoms with Crippen LogP contribution < -0.4 is 20.3 Å². The van der Waals surface area contributed by atoms with E-state index in [2.05, 4.69) is 26.3 Å². The van der Waals surface area contributed by atoms with Crippen molar-refractivity contribution in [3.05, 3.63) is 44.8 Å². The molecule has 0 saturated heterocycles. The third kappa shape index (κ3) is 3.36. The Morgan fingerprint density at radius 1 is 1.33 bits per heavy atom. The van der Waals surface area contributed by atoms with Crippen LogP contribution in [0, 0.1) is 0 Å². The molecule has 1 heterocycles. The second kappa shape index (κ2) is 6.62. The Morgan fingerprint density at radius 3 is 2.76 bits per heavy atom. The molecule has 112 valence electrons. The number of methoxy groups -OCH3 is 2. The highest BCUT2D eigenvalue weighted by atomic mass is 79.9. The van der Waals surface area contributed by atoms with Crippen molar-refractivity contribution >= 4 is 21.6 Å². The highest BCUT2D eigenvalue weighted by Crippen LogP contribution is 2.26. The summed E-state index contributed by atoms with van der Waals surface area (Å²) < 4.78 is 12.2. The van der Waals surface area contributed by atoms with Gasteiger partial charge in [0, 0.05) is 25.2 Å². The standard InChI is InChI=1S/C14H16BrN3O3/c1-18-14(19)13(15)11(8-17-18)16-7-9-4-5-10(20-2)6-12(9)21-3/h4-6,8,16H,7H2,1-3H3. The number of halogens is 1. The largest absolute Gasteiger partial charge is 0.497 e. The first kappa shape index (κ1) is 15.4. The van der Waals surface area contributed by atoms with Crippen molar-refractivity contribution in [1.82, 2.24) is 9.78 Å². The summed E-state index contributed by atoms with van der Waals surface area (Å²) in [7, 11) is 4.81. The van der Waals surface area contributed by atoms with Gasteiger partial charge in [0.1, 0.15) is 16.0 Å². The Labute approximate surface area is 130 Å². The second-order valence-corrected chi connectivity index (χ2v) is 5.13. The lowest BCUT2D eigenvalue weighted by Crippen LogP contribution is -2.21. The molecular formula is C14H16BrN3O3. The first-order valence-electron chi connectivity index (χ1n) is 6.23. The molecule has 1 aromatic heterocycles. The minimum absolute atomic E-state index is 0.193. The summed E-state index contributed by atoms with van der Waals surface area (Å²) in [6.07, 6.45) is 1.60. The van der Waals surface area contributed by atoms with Gasteiger partial charge < -0.3 is 14.8 Å². The fraction of sp³-hybridized carbons (Fsp3) is 0.286. The van der Waals surface area contributed by atoms with Crippen LogP contribution in [0.2, 0.25) is 0 Å². The number of anilines is 1. The van der Waals surface area contributed by atoms with E-state index in [1.807, 2.05) is 18.2 Å². The van der Waals surface area contributed by atoms with E-state index in [4.69, 9.17) is 9.47 Å². The molecule has 7 heteroatoms. The molecule has 1 N–H and O–H groups in total. The van der Waals surface area contributed by atoms with Crippen LogP contribution in [0.4, 0.5) is 5.69 Å². The number of aromatic nitrogens is 2. The van der Waals surface area contributed by atoms with Gasteiger partial charge in [-0.05, 0) is 28.1 Å². The van der Waals surface area contributed by atoms with Gasteiger partial charge in [-0.2, -0.15) is 5.10 Å². The van der Waals surface area contributed by atoms with Gasteiger partial charge in [-0.3, -0.25) is 4.79 Å². The fourth-order valence-electron chi connectivity index (χ4n) is 1.82. The van der Waals surface area contributed by atoms with Crippen molar-refractivity contribution in [1.29, 1.82) is 0 Å². The van der Waals surface area contributed by atoms with Crippen LogP contribution in [0.25, 0.3) is 0 Å². The molecule has 21 heavy (non-hydrogen) atoms. The lowest BCUT2D eigenvalue weighted by molar-refractivity contribution is 0.391. The highest BCUT2D eigenvalue weighted by Gasteiger charge is 2.09. The van der Waals surface area contributed by atoms with E-state index >= 15 is 0 Å².